The molecule has 0 atom stereocenters. The van der Waals surface area contributed by atoms with E-state index in [9.17, 15) is 0 Å². The molecule has 0 aliphatic carbocycles. The van der Waals surface area contributed by atoms with E-state index in [1.165, 1.54) is 0 Å². The molecule has 0 amide bonds. The minimum atomic E-state index is 0. The largest absolute Gasteiger partial charge is 2.00 e. The molecular weight excluding hydrogens is 808 g/mol. The number of benzene rings is 6. The molecule has 0 aliphatic heterocycles. The Kier molecular flexibility index (Phi) is 6.64. The second-order valence-corrected chi connectivity index (χ2v) is 12.6. The Morgan fingerprint density at radius 3 is 2.02 bits per heavy atom. The van der Waals surface area contributed by atoms with Gasteiger partial charge in [0.15, 0.2) is 0 Å². The van der Waals surface area contributed by atoms with E-state index in [1.54, 1.807) is 0 Å². The van der Waals surface area contributed by atoms with Gasteiger partial charge in [-0.1, -0.05) is 96.3 Å². The van der Waals surface area contributed by atoms with Crippen LogP contribution >= 0.6 is 0 Å². The van der Waals surface area contributed by atoms with Crippen molar-refractivity contribution in [2.45, 2.75) is 0 Å². The van der Waals surface area contributed by atoms with Crippen LogP contribution in [0.1, 0.15) is 0 Å². The molecule has 6 aromatic carbocycles. The molecule has 240 valence electrons. The van der Waals surface area contributed by atoms with E-state index in [-0.39, 0.29) is 21.1 Å². The first-order chi connectivity index (χ1) is 24.8. The average molecular weight is 832 g/mol. The van der Waals surface area contributed by atoms with Crippen LogP contribution in [0.3, 0.4) is 0 Å². The summed E-state index contributed by atoms with van der Waals surface area (Å²) < 4.78 is 4.43. The van der Waals surface area contributed by atoms with Gasteiger partial charge in [0, 0.05) is 34.6 Å². The van der Waals surface area contributed by atoms with Gasteiger partial charge in [0.05, 0.1) is 11.0 Å². The number of rotatable bonds is 3. The third-order valence-corrected chi connectivity index (χ3v) is 9.76. The number of para-hydroxylation sites is 1. The van der Waals surface area contributed by atoms with Crippen LogP contribution in [0.2, 0.25) is 0 Å². The van der Waals surface area contributed by atoms with E-state index < -0.39 is 0 Å². The molecular formula is C44H24N6Pt. The summed E-state index contributed by atoms with van der Waals surface area (Å²) in [7, 11) is 0. The zero-order valence-electron chi connectivity index (χ0n) is 26.9. The van der Waals surface area contributed by atoms with Gasteiger partial charge in [-0.15, -0.1) is 29.1 Å². The SMILES string of the molecule is [Pt+2].[c-]1c(-n2c3[c-]c(-c4cnc5cc6ccccc6cc5n4)cnc3c3cc4ccccc4cc32)ccc2c3ccccc3n(-c3ccccn3)c12. The first-order valence-corrected chi connectivity index (χ1v) is 16.6. The summed E-state index contributed by atoms with van der Waals surface area (Å²) in [6, 6.07) is 51.8. The van der Waals surface area contributed by atoms with Crippen LogP contribution in [0.25, 0.3) is 99.1 Å². The minimum Gasteiger partial charge on any atom is -0.350 e. The predicted molar refractivity (Wildman–Crippen MR) is 202 cm³/mol. The van der Waals surface area contributed by atoms with Gasteiger partial charge >= 0.3 is 21.1 Å². The maximum Gasteiger partial charge on any atom is 2.00 e. The van der Waals surface area contributed by atoms with Crippen LogP contribution in [-0.4, -0.2) is 29.1 Å². The van der Waals surface area contributed by atoms with Crippen molar-refractivity contribution < 1.29 is 21.1 Å². The van der Waals surface area contributed by atoms with Gasteiger partial charge in [-0.05, 0) is 74.2 Å². The topological polar surface area (TPSA) is 61.4 Å². The monoisotopic (exact) mass is 831 g/mol. The van der Waals surface area contributed by atoms with Gasteiger partial charge < -0.3 is 14.1 Å². The quantitative estimate of drug-likeness (QED) is 0.131. The minimum absolute atomic E-state index is 0. The number of hydrogen-bond acceptors (Lipinski definition) is 4. The van der Waals surface area contributed by atoms with Crippen LogP contribution < -0.4 is 0 Å². The maximum atomic E-state index is 5.08. The molecule has 0 fully saturated rings. The fourth-order valence-electron chi connectivity index (χ4n) is 7.44. The summed E-state index contributed by atoms with van der Waals surface area (Å²) in [4.78, 5) is 19.7. The van der Waals surface area contributed by atoms with E-state index in [2.05, 4.69) is 118 Å². The normalized spacial score (nSPS) is 11.8. The number of hydrogen-bond donors (Lipinski definition) is 0. The molecule has 0 saturated carbocycles. The molecule has 0 bridgehead atoms. The standard InChI is InChI=1S/C44H24N6.Pt/c1-4-12-30-22-40-35(19-27(30)9-1)44-42(23-31(25-47-44)38-26-46-36-20-28-10-2-3-11-29(28)21-37(36)48-38)49(40)32-16-17-34-33-13-5-6-14-39(33)50(41(34)24-32)43-15-7-8-18-45-43;/h1-22,25-26H;/q-2;+2. The average Bonchev–Trinajstić information content (AvgIpc) is 3.67. The first-order valence-electron chi connectivity index (χ1n) is 16.6. The Hall–Kier alpha value is -6.23. The van der Waals surface area contributed by atoms with Crippen molar-refractivity contribution in [3.8, 4) is 22.8 Å². The fourth-order valence-corrected chi connectivity index (χ4v) is 7.44. The Balaban J connectivity index is 0.00000327. The van der Waals surface area contributed by atoms with Crippen molar-refractivity contribution in [3.05, 3.63) is 158 Å². The predicted octanol–water partition coefficient (Wildman–Crippen LogP) is 10.2. The van der Waals surface area contributed by atoms with E-state index in [4.69, 9.17) is 19.9 Å². The van der Waals surface area contributed by atoms with Crippen molar-refractivity contribution in [3.63, 3.8) is 0 Å². The van der Waals surface area contributed by atoms with Crippen LogP contribution in [-0.2, 0) is 21.1 Å². The Morgan fingerprint density at radius 1 is 0.490 bits per heavy atom. The summed E-state index contributed by atoms with van der Waals surface area (Å²) >= 11 is 0. The zero-order valence-corrected chi connectivity index (χ0v) is 29.1. The van der Waals surface area contributed by atoms with Crippen LogP contribution in [0.4, 0.5) is 0 Å². The third kappa shape index (κ3) is 4.53. The van der Waals surface area contributed by atoms with E-state index in [0.29, 0.717) is 0 Å². The van der Waals surface area contributed by atoms with Crippen molar-refractivity contribution in [2.75, 3.05) is 0 Å². The summed E-state index contributed by atoms with van der Waals surface area (Å²) in [6.45, 7) is 0. The molecule has 0 spiro atoms. The van der Waals surface area contributed by atoms with Gasteiger partial charge in [-0.25, -0.2) is 4.98 Å². The molecule has 0 radical (unpaired) electrons. The second kappa shape index (κ2) is 11.4. The molecule has 0 unspecified atom stereocenters. The van der Waals surface area contributed by atoms with Gasteiger partial charge in [0.25, 0.3) is 0 Å². The van der Waals surface area contributed by atoms with Crippen molar-refractivity contribution >= 4 is 76.3 Å². The smallest absolute Gasteiger partial charge is 0.350 e. The molecule has 0 aliphatic rings. The molecule has 5 aromatic heterocycles. The number of fused-ring (bicyclic) bond motifs is 9. The van der Waals surface area contributed by atoms with Crippen LogP contribution in [0, 0.1) is 12.1 Å². The summed E-state index contributed by atoms with van der Waals surface area (Å²) in [5, 5.41) is 7.91. The number of pyridine rings is 2. The van der Waals surface area contributed by atoms with Crippen molar-refractivity contribution in [2.24, 2.45) is 0 Å². The van der Waals surface area contributed by atoms with Crippen molar-refractivity contribution in [1.82, 2.24) is 29.1 Å². The van der Waals surface area contributed by atoms with Gasteiger partial charge in [-0.2, -0.15) is 6.07 Å². The molecule has 5 heterocycles. The zero-order chi connectivity index (χ0) is 32.8. The first kappa shape index (κ1) is 29.7. The van der Waals surface area contributed by atoms with Gasteiger partial charge in [0.2, 0.25) is 0 Å². The Morgan fingerprint density at radius 2 is 1.22 bits per heavy atom. The summed E-state index contributed by atoms with van der Waals surface area (Å²) in [6.07, 6.45) is 5.52. The second-order valence-electron chi connectivity index (χ2n) is 12.6. The van der Waals surface area contributed by atoms with Gasteiger partial charge in [0.1, 0.15) is 5.82 Å². The summed E-state index contributed by atoms with van der Waals surface area (Å²) in [5.41, 5.74) is 8.87. The fraction of sp³-hybridized carbons (Fsp3) is 0. The summed E-state index contributed by atoms with van der Waals surface area (Å²) in [5.74, 6) is 0.846. The van der Waals surface area contributed by atoms with Crippen LogP contribution in [0.5, 0.6) is 0 Å². The molecule has 6 nitrogen and oxygen atoms in total. The molecule has 0 N–H and O–H groups in total. The van der Waals surface area contributed by atoms with E-state index >= 15 is 0 Å². The maximum absolute atomic E-state index is 5.08. The van der Waals surface area contributed by atoms with Crippen LogP contribution in [0.15, 0.2) is 146 Å². The molecule has 7 heteroatoms. The molecule has 51 heavy (non-hydrogen) atoms. The van der Waals surface area contributed by atoms with E-state index in [0.717, 1.165) is 99.1 Å². The molecule has 0 saturated heterocycles. The molecule has 11 rings (SSSR count). The van der Waals surface area contributed by atoms with E-state index in [1.807, 2.05) is 48.9 Å². The van der Waals surface area contributed by atoms with Crippen molar-refractivity contribution in [1.29, 1.82) is 0 Å². The van der Waals surface area contributed by atoms with Gasteiger partial charge in [-0.3, -0.25) is 9.97 Å². The Bertz CT molecular complexity index is 3160. The molecule has 11 aromatic rings. The number of nitrogens with zero attached hydrogens (tertiary/aromatic N) is 6. The third-order valence-electron chi connectivity index (χ3n) is 9.76. The number of aromatic nitrogens is 6. The Labute approximate surface area is 305 Å².